The summed E-state index contributed by atoms with van der Waals surface area (Å²) in [7, 11) is 0. The van der Waals surface area contributed by atoms with E-state index >= 15 is 0 Å². The van der Waals surface area contributed by atoms with Crippen molar-refractivity contribution in [3.63, 3.8) is 0 Å². The van der Waals surface area contributed by atoms with Crippen molar-refractivity contribution in [1.82, 2.24) is 0 Å². The molecule has 0 unspecified atom stereocenters. The molecule has 61 valence electrons. The monoisotopic (exact) mass is 142 g/mol. The Morgan fingerprint density at radius 2 is 1.20 bits per heavy atom. The van der Waals surface area contributed by atoms with Crippen LogP contribution in [-0.4, -0.2) is 15.0 Å². The van der Waals surface area contributed by atoms with E-state index in [-0.39, 0.29) is 8.41 Å². The Morgan fingerprint density at radius 3 is 1.20 bits per heavy atom. The summed E-state index contributed by atoms with van der Waals surface area (Å²) >= 11 is 0. The van der Waals surface area contributed by atoms with Gasteiger partial charge in [0.15, 0.2) is 0 Å². The van der Waals surface area contributed by atoms with E-state index in [1.165, 1.54) is 6.42 Å². The largest absolute Gasteiger partial charge is 0.331 e. The van der Waals surface area contributed by atoms with Crippen molar-refractivity contribution in [1.29, 1.82) is 0 Å². The van der Waals surface area contributed by atoms with E-state index < -0.39 is 0 Å². The summed E-state index contributed by atoms with van der Waals surface area (Å²) in [4.78, 5) is 0. The van der Waals surface area contributed by atoms with Crippen molar-refractivity contribution in [2.75, 3.05) is 6.54 Å². The second-order valence-electron chi connectivity index (χ2n) is 3.32. The van der Waals surface area contributed by atoms with Crippen molar-refractivity contribution < 1.29 is 0 Å². The first-order valence-electron chi connectivity index (χ1n) is 3.68. The van der Waals surface area contributed by atoms with Crippen LogP contribution in [0.4, 0.5) is 0 Å². The fourth-order valence-corrected chi connectivity index (χ4v) is 0. The molecule has 0 spiro atoms. The summed E-state index contributed by atoms with van der Waals surface area (Å²) in [6.07, 6.45) is 1.27. The van der Waals surface area contributed by atoms with Gasteiger partial charge in [-0.25, -0.2) is 0 Å². The number of nitrogens with two attached hydrogens (primary N) is 1. The van der Waals surface area contributed by atoms with E-state index in [9.17, 15) is 0 Å². The Balaban J connectivity index is -0.000000107. The van der Waals surface area contributed by atoms with Crippen LogP contribution in [0.5, 0.6) is 0 Å². The van der Waals surface area contributed by atoms with E-state index in [4.69, 9.17) is 5.73 Å². The highest BCUT2D eigenvalue weighted by Crippen LogP contribution is 2.16. The topological polar surface area (TPSA) is 26.0 Å². The third-order valence-corrected chi connectivity index (χ3v) is 1.06. The van der Waals surface area contributed by atoms with E-state index in [2.05, 4.69) is 27.7 Å². The summed E-state index contributed by atoms with van der Waals surface area (Å²) in [6.45, 7) is 11.6. The zero-order chi connectivity index (χ0) is 7.91. The standard InChI is InChI=1S/C6H14.C2H7N.B/c1-5-6(2,3)4;1-2-3;/h5H2,1-4H3;2-3H2,1H3;. The maximum absolute atomic E-state index is 4.85. The predicted molar refractivity (Wildman–Crippen MR) is 50.2 cm³/mol. The zero-order valence-corrected chi connectivity index (χ0v) is 8.07. The lowest BCUT2D eigenvalue weighted by molar-refractivity contribution is 0.398. The lowest BCUT2D eigenvalue weighted by Crippen LogP contribution is -2.00. The van der Waals surface area contributed by atoms with Crippen LogP contribution in [0, 0.1) is 5.41 Å². The Labute approximate surface area is 68.0 Å². The smallest absolute Gasteiger partial charge is 0 e. The van der Waals surface area contributed by atoms with Crippen LogP contribution in [0.1, 0.15) is 41.0 Å². The Kier molecular flexibility index (Phi) is 14.9. The van der Waals surface area contributed by atoms with Gasteiger partial charge in [0.25, 0.3) is 0 Å². The van der Waals surface area contributed by atoms with Gasteiger partial charge in [-0.3, -0.25) is 0 Å². The maximum atomic E-state index is 4.85. The van der Waals surface area contributed by atoms with Gasteiger partial charge in [0.05, 0.1) is 0 Å². The normalized spacial score (nSPS) is 9.00. The quantitative estimate of drug-likeness (QED) is 0.514. The summed E-state index contributed by atoms with van der Waals surface area (Å²) in [5, 5.41) is 0. The first-order chi connectivity index (χ1) is 3.97. The molecule has 0 aromatic heterocycles. The van der Waals surface area contributed by atoms with Crippen LogP contribution >= 0.6 is 0 Å². The highest BCUT2D eigenvalue weighted by molar-refractivity contribution is 5.75. The minimum Gasteiger partial charge on any atom is -0.331 e. The number of rotatable bonds is 0. The average molecular weight is 142 g/mol. The molecule has 2 heteroatoms. The van der Waals surface area contributed by atoms with E-state index in [0.29, 0.717) is 5.41 Å². The molecule has 0 aliphatic rings. The highest BCUT2D eigenvalue weighted by Gasteiger charge is 2.03. The van der Waals surface area contributed by atoms with Gasteiger partial charge in [-0.1, -0.05) is 41.0 Å². The third kappa shape index (κ3) is 43.3. The average Bonchev–Trinajstić information content (AvgIpc) is 1.67. The first kappa shape index (κ1) is 16.5. The molecule has 0 fully saturated rings. The fourth-order valence-electron chi connectivity index (χ4n) is 0. The molecule has 0 aromatic carbocycles. The molecule has 3 radical (unpaired) electrons. The predicted octanol–water partition coefficient (Wildman–Crippen LogP) is 2.03. The molecule has 0 aliphatic carbocycles. The maximum Gasteiger partial charge on any atom is 0 e. The molecule has 0 heterocycles. The molecular formula is C8H21BN. The van der Waals surface area contributed by atoms with Crippen molar-refractivity contribution in [3.05, 3.63) is 0 Å². The van der Waals surface area contributed by atoms with Crippen LogP contribution in [-0.2, 0) is 0 Å². The lowest BCUT2D eigenvalue weighted by Gasteiger charge is -2.12. The lowest BCUT2D eigenvalue weighted by atomic mass is 9.94. The van der Waals surface area contributed by atoms with Crippen LogP contribution in [0.2, 0.25) is 0 Å². The molecule has 10 heavy (non-hydrogen) atoms. The summed E-state index contributed by atoms with van der Waals surface area (Å²) in [5.41, 5.74) is 5.39. The molecule has 0 saturated carbocycles. The van der Waals surface area contributed by atoms with Crippen LogP contribution in [0.25, 0.3) is 0 Å². The van der Waals surface area contributed by atoms with Gasteiger partial charge < -0.3 is 5.73 Å². The SMILES string of the molecule is CCC(C)(C)C.CCN.[B]. The molecule has 0 aliphatic heterocycles. The summed E-state index contributed by atoms with van der Waals surface area (Å²) < 4.78 is 0. The molecule has 0 aromatic rings. The minimum absolute atomic E-state index is 0. The second kappa shape index (κ2) is 9.02. The summed E-state index contributed by atoms with van der Waals surface area (Å²) in [6, 6.07) is 0. The van der Waals surface area contributed by atoms with E-state index in [1.807, 2.05) is 6.92 Å². The van der Waals surface area contributed by atoms with Gasteiger partial charge in [-0.05, 0) is 12.0 Å². The molecule has 1 nitrogen and oxygen atoms in total. The molecular weight excluding hydrogens is 121 g/mol. The molecule has 0 amide bonds. The van der Waals surface area contributed by atoms with Crippen LogP contribution < -0.4 is 5.73 Å². The van der Waals surface area contributed by atoms with Gasteiger partial charge in [0.2, 0.25) is 0 Å². The molecule has 0 saturated heterocycles. The van der Waals surface area contributed by atoms with Gasteiger partial charge >= 0.3 is 0 Å². The van der Waals surface area contributed by atoms with Gasteiger partial charge in [-0.15, -0.1) is 0 Å². The van der Waals surface area contributed by atoms with Gasteiger partial charge in [0, 0.05) is 8.41 Å². The molecule has 2 N–H and O–H groups in total. The second-order valence-corrected chi connectivity index (χ2v) is 3.32. The van der Waals surface area contributed by atoms with E-state index in [1.54, 1.807) is 0 Å². The Morgan fingerprint density at radius 1 is 1.10 bits per heavy atom. The Hall–Kier alpha value is 0.0249. The third-order valence-electron chi connectivity index (χ3n) is 1.06. The Bertz CT molecular complexity index is 47.7. The first-order valence-corrected chi connectivity index (χ1v) is 3.68. The summed E-state index contributed by atoms with van der Waals surface area (Å²) in [5.74, 6) is 0. The van der Waals surface area contributed by atoms with Crippen molar-refractivity contribution in [3.8, 4) is 0 Å². The molecule has 0 bridgehead atoms. The highest BCUT2D eigenvalue weighted by atomic mass is 14.5. The fraction of sp³-hybridized carbons (Fsp3) is 1.00. The molecule has 0 atom stereocenters. The van der Waals surface area contributed by atoms with Gasteiger partial charge in [0.1, 0.15) is 0 Å². The van der Waals surface area contributed by atoms with E-state index in [0.717, 1.165) is 6.54 Å². The van der Waals surface area contributed by atoms with Crippen LogP contribution in [0.3, 0.4) is 0 Å². The number of hydrogen-bond donors (Lipinski definition) is 1. The van der Waals surface area contributed by atoms with Crippen molar-refractivity contribution >= 4 is 8.41 Å². The number of hydrogen-bond acceptors (Lipinski definition) is 1. The molecule has 0 rings (SSSR count). The van der Waals surface area contributed by atoms with Crippen molar-refractivity contribution in [2.45, 2.75) is 41.0 Å². The minimum atomic E-state index is 0. The van der Waals surface area contributed by atoms with Gasteiger partial charge in [-0.2, -0.15) is 0 Å². The van der Waals surface area contributed by atoms with Crippen LogP contribution in [0.15, 0.2) is 0 Å². The zero-order valence-electron chi connectivity index (χ0n) is 8.07. The van der Waals surface area contributed by atoms with Crippen molar-refractivity contribution in [2.24, 2.45) is 11.1 Å².